The van der Waals surface area contributed by atoms with Crippen molar-refractivity contribution in [2.24, 2.45) is 0 Å². The molecular weight excluding hydrogens is 508 g/mol. The summed E-state index contributed by atoms with van der Waals surface area (Å²) in [5.41, 5.74) is -0.591. The summed E-state index contributed by atoms with van der Waals surface area (Å²) < 4.78 is 104. The largest absolute Gasteiger partial charge is 0.434 e. The van der Waals surface area contributed by atoms with Crippen molar-refractivity contribution in [2.45, 2.75) is 18.9 Å². The minimum Gasteiger partial charge on any atom is -0.299 e. The van der Waals surface area contributed by atoms with Crippen LogP contribution >= 0.6 is 0 Å². The van der Waals surface area contributed by atoms with Gasteiger partial charge in [0.05, 0.1) is 5.56 Å². The molecule has 1 aromatic heterocycles. The van der Waals surface area contributed by atoms with Gasteiger partial charge in [-0.2, -0.15) is 26.3 Å². The Morgan fingerprint density at radius 3 is 2.19 bits per heavy atom. The Morgan fingerprint density at radius 2 is 1.56 bits per heavy atom. The highest BCUT2D eigenvalue weighted by molar-refractivity contribution is 7.77. The van der Waals surface area contributed by atoms with Gasteiger partial charge in [-0.15, -0.1) is 0 Å². The zero-order valence-electron chi connectivity index (χ0n) is 18.1. The number of imidazole rings is 1. The molecule has 1 unspecified atom stereocenters. The highest BCUT2D eigenvalue weighted by Gasteiger charge is 2.38. The van der Waals surface area contributed by atoms with Gasteiger partial charge in [-0.25, -0.2) is 13.9 Å². The van der Waals surface area contributed by atoms with E-state index in [1.165, 1.54) is 18.2 Å². The molecule has 0 radical (unpaired) electrons. The summed E-state index contributed by atoms with van der Waals surface area (Å²) in [6, 6.07) is 17.5. The quantitative estimate of drug-likeness (QED) is 0.224. The second-order valence-electron chi connectivity index (χ2n) is 7.68. The number of nitrogens with one attached hydrogen (secondary N) is 1. The lowest BCUT2D eigenvalue weighted by Gasteiger charge is -2.14. The van der Waals surface area contributed by atoms with Crippen molar-refractivity contribution in [1.29, 1.82) is 0 Å². The van der Waals surface area contributed by atoms with Crippen molar-refractivity contribution in [3.63, 3.8) is 0 Å². The van der Waals surface area contributed by atoms with Crippen LogP contribution in [0.1, 0.15) is 16.8 Å². The Hall–Kier alpha value is -3.48. The summed E-state index contributed by atoms with van der Waals surface area (Å²) in [6.07, 6.45) is -8.99. The summed E-state index contributed by atoms with van der Waals surface area (Å²) in [5.74, 6) is -0.493. The molecule has 0 aliphatic carbocycles. The molecule has 0 bridgehead atoms. The standard InChI is InChI=1S/C24H17F6N3O2S/c25-23(26,27)20-7-2-1-6-19(20)22-32-21(24(28,29)30)14-33(22)18-10-8-16(9-11-18)17-5-3-4-15(12-17)13-31-36(34)35/h1-12,14,31H,13H2,(H,34,35). The van der Waals surface area contributed by atoms with Crippen LogP contribution in [0, 0.1) is 0 Å². The minimum atomic E-state index is -4.86. The van der Waals surface area contributed by atoms with E-state index in [-0.39, 0.29) is 12.2 Å². The second-order valence-corrected chi connectivity index (χ2v) is 8.47. The molecule has 0 saturated heterocycles. The number of nitrogens with zero attached hydrogens (tertiary/aromatic N) is 2. The zero-order chi connectivity index (χ0) is 26.1. The van der Waals surface area contributed by atoms with Crippen LogP contribution in [0.25, 0.3) is 28.2 Å². The molecule has 1 atom stereocenters. The summed E-state index contributed by atoms with van der Waals surface area (Å²) in [4.78, 5) is 3.51. The number of aromatic nitrogens is 2. The van der Waals surface area contributed by atoms with Crippen LogP contribution in [0.4, 0.5) is 26.3 Å². The van der Waals surface area contributed by atoms with E-state index in [0.29, 0.717) is 11.8 Å². The number of rotatable bonds is 6. The molecule has 0 saturated carbocycles. The molecule has 3 aromatic carbocycles. The number of hydrogen-bond acceptors (Lipinski definition) is 2. The average molecular weight is 525 g/mol. The Morgan fingerprint density at radius 1 is 0.861 bits per heavy atom. The van der Waals surface area contributed by atoms with Crippen LogP contribution in [0.15, 0.2) is 79.0 Å². The van der Waals surface area contributed by atoms with Crippen LogP contribution in [-0.4, -0.2) is 18.3 Å². The molecule has 0 fully saturated rings. The van der Waals surface area contributed by atoms with Crippen LogP contribution < -0.4 is 4.72 Å². The second kappa shape index (κ2) is 9.88. The van der Waals surface area contributed by atoms with Crippen molar-refractivity contribution in [2.75, 3.05) is 0 Å². The van der Waals surface area contributed by atoms with E-state index >= 15 is 0 Å². The Balaban J connectivity index is 1.76. The fourth-order valence-electron chi connectivity index (χ4n) is 3.65. The molecular formula is C24H17F6N3O2S. The first kappa shape index (κ1) is 25.6. The smallest absolute Gasteiger partial charge is 0.299 e. The fraction of sp³-hybridized carbons (Fsp3) is 0.125. The van der Waals surface area contributed by atoms with Crippen LogP contribution in [0.2, 0.25) is 0 Å². The molecule has 0 aliphatic rings. The Kier molecular flexibility index (Phi) is 7.03. The van der Waals surface area contributed by atoms with Gasteiger partial charge < -0.3 is 0 Å². The topological polar surface area (TPSA) is 67.2 Å². The third kappa shape index (κ3) is 5.66. The molecule has 2 N–H and O–H groups in total. The van der Waals surface area contributed by atoms with Gasteiger partial charge in [0, 0.05) is 24.0 Å². The summed E-state index contributed by atoms with van der Waals surface area (Å²) in [6.45, 7) is 0.131. The van der Waals surface area contributed by atoms with Gasteiger partial charge in [0.2, 0.25) is 11.3 Å². The van der Waals surface area contributed by atoms with E-state index in [9.17, 15) is 30.6 Å². The molecule has 4 rings (SSSR count). The lowest BCUT2D eigenvalue weighted by Crippen LogP contribution is -2.15. The number of alkyl halides is 6. The molecule has 5 nitrogen and oxygen atoms in total. The highest BCUT2D eigenvalue weighted by Crippen LogP contribution is 2.39. The third-order valence-electron chi connectivity index (χ3n) is 5.28. The van der Waals surface area contributed by atoms with Gasteiger partial charge in [-0.05, 0) is 41.0 Å². The van der Waals surface area contributed by atoms with Crippen molar-refractivity contribution < 1.29 is 35.1 Å². The maximum atomic E-state index is 13.6. The van der Waals surface area contributed by atoms with E-state index in [1.54, 1.807) is 36.4 Å². The Labute approximate surface area is 203 Å². The Bertz CT molecular complexity index is 1400. The van der Waals surface area contributed by atoms with E-state index < -0.39 is 46.3 Å². The summed E-state index contributed by atoms with van der Waals surface area (Å²) >= 11 is -2.18. The van der Waals surface area contributed by atoms with Gasteiger partial charge in [-0.1, -0.05) is 48.5 Å². The maximum Gasteiger partial charge on any atom is 0.434 e. The minimum absolute atomic E-state index is 0.131. The normalized spacial score (nSPS) is 13.1. The molecule has 36 heavy (non-hydrogen) atoms. The molecule has 0 aliphatic heterocycles. The maximum absolute atomic E-state index is 13.6. The van der Waals surface area contributed by atoms with Gasteiger partial charge in [-0.3, -0.25) is 9.12 Å². The average Bonchev–Trinajstić information content (AvgIpc) is 3.29. The first-order valence-electron chi connectivity index (χ1n) is 10.3. The molecule has 0 amide bonds. The highest BCUT2D eigenvalue weighted by atomic mass is 32.2. The SMILES string of the molecule is O=S(O)NCc1cccc(-c2ccc(-n3cc(C(F)(F)F)nc3-c3ccccc3C(F)(F)F)cc2)c1. The summed E-state index contributed by atoms with van der Waals surface area (Å²) in [7, 11) is 0. The van der Waals surface area contributed by atoms with Gasteiger partial charge >= 0.3 is 12.4 Å². The lowest BCUT2D eigenvalue weighted by molar-refractivity contribution is -0.140. The molecule has 1 heterocycles. The van der Waals surface area contributed by atoms with Crippen molar-refractivity contribution in [3.8, 4) is 28.2 Å². The molecule has 4 aromatic rings. The van der Waals surface area contributed by atoms with Crippen molar-refractivity contribution >= 4 is 11.3 Å². The third-order valence-corrected chi connectivity index (χ3v) is 5.67. The molecule has 188 valence electrons. The number of halogens is 6. The van der Waals surface area contributed by atoms with Gasteiger partial charge in [0.1, 0.15) is 5.82 Å². The monoisotopic (exact) mass is 525 g/mol. The molecule has 12 heteroatoms. The first-order chi connectivity index (χ1) is 16.9. The van der Waals surface area contributed by atoms with Gasteiger partial charge in [0.25, 0.3) is 0 Å². The predicted molar refractivity (Wildman–Crippen MR) is 122 cm³/mol. The number of hydrogen-bond donors (Lipinski definition) is 2. The zero-order valence-corrected chi connectivity index (χ0v) is 19.0. The first-order valence-corrected chi connectivity index (χ1v) is 11.4. The van der Waals surface area contributed by atoms with Crippen LogP contribution in [0.3, 0.4) is 0 Å². The van der Waals surface area contributed by atoms with E-state index in [4.69, 9.17) is 4.55 Å². The van der Waals surface area contributed by atoms with E-state index in [0.717, 1.165) is 33.9 Å². The predicted octanol–water partition coefficient (Wildman–Crippen LogP) is 6.47. The van der Waals surface area contributed by atoms with E-state index in [2.05, 4.69) is 9.71 Å². The molecule has 0 spiro atoms. The van der Waals surface area contributed by atoms with Gasteiger partial charge in [0.15, 0.2) is 5.69 Å². The van der Waals surface area contributed by atoms with Crippen molar-refractivity contribution in [1.82, 2.24) is 14.3 Å². The lowest BCUT2D eigenvalue weighted by atomic mass is 10.0. The van der Waals surface area contributed by atoms with E-state index in [1.807, 2.05) is 0 Å². The fourth-order valence-corrected chi connectivity index (χ4v) is 3.94. The van der Waals surface area contributed by atoms with Crippen molar-refractivity contribution in [3.05, 3.63) is 95.8 Å². The number of benzene rings is 3. The van der Waals surface area contributed by atoms with Crippen LogP contribution in [0.5, 0.6) is 0 Å². The van der Waals surface area contributed by atoms with Crippen LogP contribution in [-0.2, 0) is 30.2 Å². The summed E-state index contributed by atoms with van der Waals surface area (Å²) in [5, 5.41) is 0.